The summed E-state index contributed by atoms with van der Waals surface area (Å²) in [6.07, 6.45) is 2.33. The largest absolute Gasteiger partial charge is 0.454 e. The molecule has 0 radical (unpaired) electrons. The SMILES string of the molecule is Cc1ccc(CN2C[Si](C)(C)O[Si](C)(C)C2)cc1. The molecule has 0 atom stereocenters. The van der Waals surface area contributed by atoms with Gasteiger partial charge in [0.2, 0.25) is 0 Å². The summed E-state index contributed by atoms with van der Waals surface area (Å²) in [6, 6.07) is 8.93. The maximum Gasteiger partial charge on any atom is 0.187 e. The van der Waals surface area contributed by atoms with Gasteiger partial charge in [0.15, 0.2) is 16.6 Å². The standard InChI is InChI=1S/C14H25NOSi2/c1-13-6-8-14(9-7-13)10-15-11-17(2,3)16-18(4,5)12-15/h6-9H,10-12H2,1-5H3. The average Bonchev–Trinajstić information content (AvgIpc) is 2.16. The molecule has 100 valence electrons. The van der Waals surface area contributed by atoms with Gasteiger partial charge in [0.05, 0.1) is 0 Å². The van der Waals surface area contributed by atoms with Crippen molar-refractivity contribution in [2.45, 2.75) is 39.7 Å². The number of hydrogen-bond acceptors (Lipinski definition) is 2. The van der Waals surface area contributed by atoms with Crippen LogP contribution in [-0.2, 0) is 10.7 Å². The van der Waals surface area contributed by atoms with Gasteiger partial charge in [-0.05, 0) is 38.7 Å². The molecule has 1 aliphatic heterocycles. The summed E-state index contributed by atoms with van der Waals surface area (Å²) >= 11 is 0. The van der Waals surface area contributed by atoms with Gasteiger partial charge in [0.25, 0.3) is 0 Å². The van der Waals surface area contributed by atoms with E-state index < -0.39 is 16.6 Å². The van der Waals surface area contributed by atoms with E-state index in [4.69, 9.17) is 4.12 Å². The Morgan fingerprint density at radius 3 is 2.00 bits per heavy atom. The number of aryl methyl sites for hydroxylation is 1. The van der Waals surface area contributed by atoms with Crippen LogP contribution in [0, 0.1) is 6.92 Å². The Labute approximate surface area is 113 Å². The molecule has 1 fully saturated rings. The molecule has 0 amide bonds. The molecule has 0 unspecified atom stereocenters. The van der Waals surface area contributed by atoms with E-state index in [2.05, 4.69) is 62.3 Å². The van der Waals surface area contributed by atoms with Gasteiger partial charge in [0, 0.05) is 18.9 Å². The Kier molecular flexibility index (Phi) is 3.83. The highest BCUT2D eigenvalue weighted by Crippen LogP contribution is 2.24. The first-order valence-electron chi connectivity index (χ1n) is 6.74. The van der Waals surface area contributed by atoms with Crippen LogP contribution in [0.25, 0.3) is 0 Å². The van der Waals surface area contributed by atoms with Crippen LogP contribution in [0.2, 0.25) is 26.2 Å². The topological polar surface area (TPSA) is 12.5 Å². The number of benzene rings is 1. The van der Waals surface area contributed by atoms with Crippen LogP contribution < -0.4 is 0 Å². The monoisotopic (exact) mass is 279 g/mol. The highest BCUT2D eigenvalue weighted by Gasteiger charge is 2.40. The molecule has 1 aliphatic rings. The number of rotatable bonds is 2. The van der Waals surface area contributed by atoms with Crippen molar-refractivity contribution in [1.82, 2.24) is 4.90 Å². The van der Waals surface area contributed by atoms with Gasteiger partial charge < -0.3 is 4.12 Å². The van der Waals surface area contributed by atoms with E-state index in [1.54, 1.807) is 0 Å². The van der Waals surface area contributed by atoms with E-state index in [0.29, 0.717) is 0 Å². The molecule has 18 heavy (non-hydrogen) atoms. The lowest BCUT2D eigenvalue weighted by atomic mass is 10.1. The van der Waals surface area contributed by atoms with Crippen molar-refractivity contribution in [3.8, 4) is 0 Å². The third kappa shape index (κ3) is 3.78. The maximum absolute atomic E-state index is 6.38. The van der Waals surface area contributed by atoms with Crippen molar-refractivity contribution in [3.05, 3.63) is 35.4 Å². The molecular formula is C14H25NOSi2. The van der Waals surface area contributed by atoms with Crippen LogP contribution in [0.5, 0.6) is 0 Å². The summed E-state index contributed by atoms with van der Waals surface area (Å²) in [7, 11) is -2.93. The first-order valence-corrected chi connectivity index (χ1v) is 13.0. The number of hydrogen-bond donors (Lipinski definition) is 0. The molecule has 0 saturated carbocycles. The van der Waals surface area contributed by atoms with Crippen LogP contribution in [0.15, 0.2) is 24.3 Å². The van der Waals surface area contributed by atoms with Crippen LogP contribution in [0.1, 0.15) is 11.1 Å². The second-order valence-corrected chi connectivity index (χ2v) is 15.2. The Morgan fingerprint density at radius 1 is 1.00 bits per heavy atom. The summed E-state index contributed by atoms with van der Waals surface area (Å²) in [6.45, 7) is 12.6. The fourth-order valence-corrected chi connectivity index (χ4v) is 12.3. The van der Waals surface area contributed by atoms with Gasteiger partial charge >= 0.3 is 0 Å². The van der Waals surface area contributed by atoms with E-state index in [1.165, 1.54) is 11.1 Å². The minimum atomic E-state index is -1.47. The zero-order valence-corrected chi connectivity index (χ0v) is 14.3. The Hall–Kier alpha value is -0.426. The van der Waals surface area contributed by atoms with Crippen LogP contribution in [0.4, 0.5) is 0 Å². The Morgan fingerprint density at radius 2 is 1.50 bits per heavy atom. The summed E-state index contributed by atoms with van der Waals surface area (Å²) in [5.74, 6) is 0. The summed E-state index contributed by atoms with van der Waals surface area (Å²) in [5, 5.41) is 0. The zero-order chi connectivity index (χ0) is 13.4. The molecule has 2 nitrogen and oxygen atoms in total. The van der Waals surface area contributed by atoms with Crippen molar-refractivity contribution in [2.24, 2.45) is 0 Å². The van der Waals surface area contributed by atoms with Crippen molar-refractivity contribution in [3.63, 3.8) is 0 Å². The maximum atomic E-state index is 6.38. The molecule has 1 aromatic carbocycles. The predicted octanol–water partition coefficient (Wildman–Crippen LogP) is 3.32. The molecule has 0 spiro atoms. The lowest BCUT2D eigenvalue weighted by Crippen LogP contribution is -2.62. The highest BCUT2D eigenvalue weighted by molar-refractivity contribution is 6.86. The molecule has 0 bridgehead atoms. The van der Waals surface area contributed by atoms with E-state index in [1.807, 2.05) is 0 Å². The molecule has 1 saturated heterocycles. The molecule has 2 rings (SSSR count). The van der Waals surface area contributed by atoms with Gasteiger partial charge in [-0.15, -0.1) is 0 Å². The van der Waals surface area contributed by atoms with Crippen molar-refractivity contribution in [1.29, 1.82) is 0 Å². The highest BCUT2D eigenvalue weighted by atomic mass is 28.4. The van der Waals surface area contributed by atoms with Crippen molar-refractivity contribution < 1.29 is 4.12 Å². The van der Waals surface area contributed by atoms with Crippen LogP contribution >= 0.6 is 0 Å². The van der Waals surface area contributed by atoms with Gasteiger partial charge in [-0.25, -0.2) is 0 Å². The molecule has 0 aromatic heterocycles. The van der Waals surface area contributed by atoms with Gasteiger partial charge in [-0.3, -0.25) is 4.90 Å². The molecule has 1 aromatic rings. The lowest BCUT2D eigenvalue weighted by Gasteiger charge is -2.45. The summed E-state index contributed by atoms with van der Waals surface area (Å²) < 4.78 is 6.38. The fourth-order valence-electron chi connectivity index (χ4n) is 3.01. The third-order valence-electron chi connectivity index (χ3n) is 3.29. The van der Waals surface area contributed by atoms with Crippen molar-refractivity contribution in [2.75, 3.05) is 12.3 Å². The van der Waals surface area contributed by atoms with Crippen molar-refractivity contribution >= 4 is 16.6 Å². The molecule has 0 N–H and O–H groups in total. The van der Waals surface area contributed by atoms with E-state index in [0.717, 1.165) is 18.9 Å². The third-order valence-corrected chi connectivity index (χ3v) is 10.1. The minimum Gasteiger partial charge on any atom is -0.454 e. The van der Waals surface area contributed by atoms with E-state index >= 15 is 0 Å². The number of nitrogens with zero attached hydrogens (tertiary/aromatic N) is 1. The summed E-state index contributed by atoms with van der Waals surface area (Å²) in [4.78, 5) is 2.62. The lowest BCUT2D eigenvalue weighted by molar-refractivity contribution is 0.291. The fraction of sp³-hybridized carbons (Fsp3) is 0.571. The van der Waals surface area contributed by atoms with Gasteiger partial charge in [0.1, 0.15) is 0 Å². The second kappa shape index (κ2) is 4.92. The predicted molar refractivity (Wildman–Crippen MR) is 82.5 cm³/mol. The van der Waals surface area contributed by atoms with Crippen LogP contribution in [-0.4, -0.2) is 33.9 Å². The molecule has 1 heterocycles. The smallest absolute Gasteiger partial charge is 0.187 e. The van der Waals surface area contributed by atoms with Gasteiger partial charge in [-0.1, -0.05) is 29.8 Å². The Balaban J connectivity index is 2.07. The first-order chi connectivity index (χ1) is 8.26. The molecular weight excluding hydrogens is 254 g/mol. The normalized spacial score (nSPS) is 22.9. The van der Waals surface area contributed by atoms with E-state index in [9.17, 15) is 0 Å². The second-order valence-electron chi connectivity index (χ2n) is 6.75. The molecule has 4 heteroatoms. The van der Waals surface area contributed by atoms with Gasteiger partial charge in [-0.2, -0.15) is 0 Å². The minimum absolute atomic E-state index is 1.08. The molecule has 0 aliphatic carbocycles. The zero-order valence-electron chi connectivity index (χ0n) is 12.3. The van der Waals surface area contributed by atoms with Crippen LogP contribution in [0.3, 0.4) is 0 Å². The quantitative estimate of drug-likeness (QED) is 0.770. The van der Waals surface area contributed by atoms with E-state index in [-0.39, 0.29) is 0 Å². The first kappa shape index (κ1) is 14.0. The summed E-state index contributed by atoms with van der Waals surface area (Å²) in [5.41, 5.74) is 2.77. The average molecular weight is 280 g/mol. The Bertz CT molecular complexity index is 398.